The SMILES string of the molecule is CCn1nc(C)c(Br)c1CC(C(=O)O)c1ccccc1Cl. The highest BCUT2D eigenvalue weighted by Gasteiger charge is 2.26. The second-order valence-corrected chi connectivity index (χ2v) is 5.98. The quantitative estimate of drug-likeness (QED) is 0.863. The van der Waals surface area contributed by atoms with Gasteiger partial charge >= 0.3 is 5.97 Å². The van der Waals surface area contributed by atoms with E-state index in [4.69, 9.17) is 11.6 Å². The smallest absolute Gasteiger partial charge is 0.311 e. The van der Waals surface area contributed by atoms with Gasteiger partial charge in [0, 0.05) is 18.0 Å². The molecular weight excluding hydrogens is 356 g/mol. The van der Waals surface area contributed by atoms with Crippen molar-refractivity contribution >= 4 is 33.5 Å². The van der Waals surface area contributed by atoms with Crippen LogP contribution >= 0.6 is 27.5 Å². The zero-order valence-corrected chi connectivity index (χ0v) is 14.1. The number of carbonyl (C=O) groups is 1. The van der Waals surface area contributed by atoms with Crippen molar-refractivity contribution < 1.29 is 9.90 Å². The third-order valence-electron chi connectivity index (χ3n) is 3.43. The van der Waals surface area contributed by atoms with Crippen LogP contribution in [0.5, 0.6) is 0 Å². The first-order valence-electron chi connectivity index (χ1n) is 6.64. The van der Waals surface area contributed by atoms with Crippen molar-refractivity contribution in [2.24, 2.45) is 0 Å². The van der Waals surface area contributed by atoms with Crippen LogP contribution in [0.4, 0.5) is 0 Å². The van der Waals surface area contributed by atoms with Gasteiger partial charge in [-0.3, -0.25) is 9.48 Å². The topological polar surface area (TPSA) is 55.1 Å². The molecule has 0 saturated heterocycles. The van der Waals surface area contributed by atoms with Crippen LogP contribution in [0.25, 0.3) is 0 Å². The molecule has 0 aliphatic carbocycles. The Hall–Kier alpha value is -1.33. The molecule has 2 rings (SSSR count). The van der Waals surface area contributed by atoms with E-state index in [1.807, 2.05) is 18.5 Å². The van der Waals surface area contributed by atoms with Gasteiger partial charge in [0.25, 0.3) is 0 Å². The lowest BCUT2D eigenvalue weighted by atomic mass is 9.94. The number of aromatic nitrogens is 2. The Bertz CT molecular complexity index is 670. The number of carboxylic acid groups (broad SMARTS) is 1. The standard InChI is InChI=1S/C15H16BrClN2O2/c1-3-19-13(14(16)9(2)18-19)8-11(15(20)21)10-6-4-5-7-12(10)17/h4-7,11H,3,8H2,1-2H3,(H,20,21). The predicted molar refractivity (Wildman–Crippen MR) is 85.9 cm³/mol. The first-order valence-corrected chi connectivity index (χ1v) is 7.81. The van der Waals surface area contributed by atoms with E-state index in [1.165, 1.54) is 0 Å². The summed E-state index contributed by atoms with van der Waals surface area (Å²) in [6.45, 7) is 4.56. The van der Waals surface area contributed by atoms with Crippen LogP contribution in [0.1, 0.15) is 29.8 Å². The minimum Gasteiger partial charge on any atom is -0.481 e. The van der Waals surface area contributed by atoms with Crippen molar-refractivity contribution in [3.63, 3.8) is 0 Å². The summed E-state index contributed by atoms with van der Waals surface area (Å²) in [6.07, 6.45) is 0.342. The summed E-state index contributed by atoms with van der Waals surface area (Å²) in [5.74, 6) is -1.59. The van der Waals surface area contributed by atoms with Crippen LogP contribution in [0.2, 0.25) is 5.02 Å². The minimum absolute atomic E-state index is 0.342. The van der Waals surface area contributed by atoms with Crippen molar-refractivity contribution in [1.82, 2.24) is 9.78 Å². The fourth-order valence-electron chi connectivity index (χ4n) is 2.35. The third kappa shape index (κ3) is 3.30. The molecule has 1 N–H and O–H groups in total. The molecule has 1 heterocycles. The normalized spacial score (nSPS) is 12.4. The summed E-state index contributed by atoms with van der Waals surface area (Å²) in [6, 6.07) is 7.06. The molecular formula is C15H16BrClN2O2. The third-order valence-corrected chi connectivity index (χ3v) is 4.80. The number of aryl methyl sites for hydroxylation is 2. The van der Waals surface area contributed by atoms with Crippen LogP contribution in [0.15, 0.2) is 28.7 Å². The van der Waals surface area contributed by atoms with Gasteiger partial charge in [-0.1, -0.05) is 29.8 Å². The van der Waals surface area contributed by atoms with Gasteiger partial charge in [-0.05, 0) is 41.4 Å². The number of rotatable bonds is 5. The van der Waals surface area contributed by atoms with E-state index in [0.717, 1.165) is 15.9 Å². The monoisotopic (exact) mass is 370 g/mol. The van der Waals surface area contributed by atoms with Gasteiger partial charge in [0.1, 0.15) is 0 Å². The number of benzene rings is 1. The van der Waals surface area contributed by atoms with Crippen LogP contribution in [-0.4, -0.2) is 20.9 Å². The van der Waals surface area contributed by atoms with Gasteiger partial charge in [-0.25, -0.2) is 0 Å². The Labute approximate surface area is 136 Å². The fraction of sp³-hybridized carbons (Fsp3) is 0.333. The summed E-state index contributed by atoms with van der Waals surface area (Å²) in [4.78, 5) is 11.7. The average molecular weight is 372 g/mol. The maximum Gasteiger partial charge on any atom is 0.311 e. The van der Waals surface area contributed by atoms with Crippen molar-refractivity contribution in [1.29, 1.82) is 0 Å². The molecule has 2 aromatic rings. The fourth-order valence-corrected chi connectivity index (χ4v) is 3.06. The number of halogens is 2. The molecule has 1 aromatic heterocycles. The first kappa shape index (κ1) is 16.0. The van der Waals surface area contributed by atoms with Crippen molar-refractivity contribution in [3.05, 3.63) is 50.7 Å². The molecule has 0 radical (unpaired) electrons. The summed E-state index contributed by atoms with van der Waals surface area (Å²) in [5, 5.41) is 14.4. The molecule has 0 fully saturated rings. The molecule has 6 heteroatoms. The predicted octanol–water partition coefficient (Wildman–Crippen LogP) is 4.04. The van der Waals surface area contributed by atoms with Crippen molar-refractivity contribution in [2.75, 3.05) is 0 Å². The Morgan fingerprint density at radius 3 is 2.71 bits per heavy atom. The largest absolute Gasteiger partial charge is 0.481 e. The number of nitrogens with zero attached hydrogens (tertiary/aromatic N) is 2. The number of hydrogen-bond donors (Lipinski definition) is 1. The van der Waals surface area contributed by atoms with E-state index in [-0.39, 0.29) is 0 Å². The van der Waals surface area contributed by atoms with E-state index in [1.54, 1.807) is 24.3 Å². The Morgan fingerprint density at radius 2 is 2.14 bits per heavy atom. The molecule has 1 atom stereocenters. The lowest BCUT2D eigenvalue weighted by Crippen LogP contribution is -2.17. The minimum atomic E-state index is -0.892. The summed E-state index contributed by atoms with van der Waals surface area (Å²) < 4.78 is 2.69. The Balaban J connectivity index is 2.43. The number of aliphatic carboxylic acids is 1. The molecule has 4 nitrogen and oxygen atoms in total. The molecule has 0 amide bonds. The van der Waals surface area contributed by atoms with Crippen LogP contribution in [0.3, 0.4) is 0 Å². The highest BCUT2D eigenvalue weighted by Crippen LogP contribution is 2.31. The second-order valence-electron chi connectivity index (χ2n) is 4.78. The van der Waals surface area contributed by atoms with E-state index >= 15 is 0 Å². The molecule has 112 valence electrons. The zero-order chi connectivity index (χ0) is 15.6. The molecule has 0 spiro atoms. The van der Waals surface area contributed by atoms with E-state index in [9.17, 15) is 9.90 Å². The summed E-state index contributed by atoms with van der Waals surface area (Å²) in [5.41, 5.74) is 2.36. The summed E-state index contributed by atoms with van der Waals surface area (Å²) in [7, 11) is 0. The van der Waals surface area contributed by atoms with Gasteiger partial charge in [0.2, 0.25) is 0 Å². The van der Waals surface area contributed by atoms with E-state index in [0.29, 0.717) is 23.6 Å². The van der Waals surface area contributed by atoms with Crippen LogP contribution < -0.4 is 0 Å². The maximum absolute atomic E-state index is 11.7. The summed E-state index contributed by atoms with van der Waals surface area (Å²) >= 11 is 9.65. The highest BCUT2D eigenvalue weighted by molar-refractivity contribution is 9.10. The highest BCUT2D eigenvalue weighted by atomic mass is 79.9. The lowest BCUT2D eigenvalue weighted by molar-refractivity contribution is -0.138. The van der Waals surface area contributed by atoms with Crippen LogP contribution in [0, 0.1) is 6.92 Å². The lowest BCUT2D eigenvalue weighted by Gasteiger charge is -2.15. The Morgan fingerprint density at radius 1 is 1.48 bits per heavy atom. The molecule has 0 bridgehead atoms. The molecule has 0 saturated carbocycles. The molecule has 0 aliphatic rings. The Kier molecular flexibility index (Phi) is 5.06. The van der Waals surface area contributed by atoms with Gasteiger partial charge < -0.3 is 5.11 Å². The molecule has 1 aromatic carbocycles. The van der Waals surface area contributed by atoms with E-state index in [2.05, 4.69) is 21.0 Å². The van der Waals surface area contributed by atoms with Gasteiger partial charge in [0.15, 0.2) is 0 Å². The zero-order valence-electron chi connectivity index (χ0n) is 11.8. The molecule has 1 unspecified atom stereocenters. The van der Waals surface area contributed by atoms with Crippen LogP contribution in [-0.2, 0) is 17.8 Å². The maximum atomic E-state index is 11.7. The number of carboxylic acids is 1. The van der Waals surface area contributed by atoms with Gasteiger partial charge in [0.05, 0.1) is 21.8 Å². The van der Waals surface area contributed by atoms with E-state index < -0.39 is 11.9 Å². The second kappa shape index (κ2) is 6.62. The number of hydrogen-bond acceptors (Lipinski definition) is 2. The first-order chi connectivity index (χ1) is 9.95. The van der Waals surface area contributed by atoms with Gasteiger partial charge in [-0.15, -0.1) is 0 Å². The molecule has 21 heavy (non-hydrogen) atoms. The van der Waals surface area contributed by atoms with Gasteiger partial charge in [-0.2, -0.15) is 5.10 Å². The van der Waals surface area contributed by atoms with Crippen molar-refractivity contribution in [2.45, 2.75) is 32.7 Å². The molecule has 0 aliphatic heterocycles. The average Bonchev–Trinajstić information content (AvgIpc) is 2.72. The van der Waals surface area contributed by atoms with Crippen molar-refractivity contribution in [3.8, 4) is 0 Å².